The molecule has 1 heterocycles. The number of nitrogens with two attached hydrogens (primary N) is 1. The van der Waals surface area contributed by atoms with Gasteiger partial charge in [0.2, 0.25) is 5.91 Å². The summed E-state index contributed by atoms with van der Waals surface area (Å²) in [7, 11) is 0. The molecule has 1 saturated heterocycles. The van der Waals surface area contributed by atoms with Gasteiger partial charge in [-0.05, 0) is 56.8 Å². The zero-order valence-corrected chi connectivity index (χ0v) is 14.8. The van der Waals surface area contributed by atoms with Crippen molar-refractivity contribution in [3.63, 3.8) is 0 Å². The molecule has 2 aliphatic carbocycles. The molecule has 2 saturated carbocycles. The molecule has 0 bridgehead atoms. The molecular formula is C18H33ClN2O. The van der Waals surface area contributed by atoms with E-state index in [0.717, 1.165) is 37.8 Å². The summed E-state index contributed by atoms with van der Waals surface area (Å²) in [4.78, 5) is 15.0. The molecule has 3 nitrogen and oxygen atoms in total. The number of fused-ring (bicyclic) bond motifs is 1. The van der Waals surface area contributed by atoms with E-state index in [0.29, 0.717) is 17.7 Å². The van der Waals surface area contributed by atoms with E-state index in [9.17, 15) is 4.79 Å². The van der Waals surface area contributed by atoms with Crippen LogP contribution in [0.2, 0.25) is 0 Å². The molecule has 0 radical (unpaired) electrons. The van der Waals surface area contributed by atoms with Crippen LogP contribution in [0.1, 0.15) is 64.7 Å². The highest BCUT2D eigenvalue weighted by molar-refractivity contribution is 5.85. The number of amides is 1. The van der Waals surface area contributed by atoms with Gasteiger partial charge in [-0.25, -0.2) is 0 Å². The summed E-state index contributed by atoms with van der Waals surface area (Å²) in [6.07, 6.45) is 11.5. The number of rotatable bonds is 2. The van der Waals surface area contributed by atoms with E-state index in [2.05, 4.69) is 11.8 Å². The molecule has 1 aliphatic heterocycles. The third-order valence-corrected chi connectivity index (χ3v) is 6.40. The smallest absolute Gasteiger partial charge is 0.225 e. The molecule has 4 heteroatoms. The summed E-state index contributed by atoms with van der Waals surface area (Å²) in [5.74, 6) is 3.05. The van der Waals surface area contributed by atoms with E-state index in [-0.39, 0.29) is 18.4 Å². The Morgan fingerprint density at radius 3 is 2.50 bits per heavy atom. The molecule has 0 spiro atoms. The summed E-state index contributed by atoms with van der Waals surface area (Å²) >= 11 is 0. The van der Waals surface area contributed by atoms with Crippen molar-refractivity contribution >= 4 is 18.3 Å². The fourth-order valence-corrected chi connectivity index (χ4v) is 5.00. The molecule has 5 unspecified atom stereocenters. The minimum Gasteiger partial charge on any atom is -0.342 e. The molecule has 128 valence electrons. The first-order chi connectivity index (χ1) is 10.1. The second kappa shape index (κ2) is 8.01. The van der Waals surface area contributed by atoms with E-state index >= 15 is 0 Å². The van der Waals surface area contributed by atoms with Gasteiger partial charge in [0.15, 0.2) is 0 Å². The minimum atomic E-state index is 0. The van der Waals surface area contributed by atoms with Crippen molar-refractivity contribution in [2.45, 2.75) is 70.8 Å². The second-order valence-electron chi connectivity index (χ2n) is 7.86. The Hall–Kier alpha value is -0.280. The van der Waals surface area contributed by atoms with Crippen LogP contribution in [0.25, 0.3) is 0 Å². The Kier molecular flexibility index (Phi) is 6.58. The number of halogens is 1. The standard InChI is InChI=1S/C18H32N2O.ClH/c1-13(19)17-7-4-10-20(12-17)18(21)16-9-8-14-5-2-3-6-15(14)11-16;/h13-17H,2-12,19H2,1H3;1H. The first kappa shape index (κ1) is 18.1. The van der Waals surface area contributed by atoms with Crippen molar-refractivity contribution in [1.82, 2.24) is 4.90 Å². The Bertz CT molecular complexity index is 374. The van der Waals surface area contributed by atoms with Crippen LogP contribution in [0.4, 0.5) is 0 Å². The molecule has 5 atom stereocenters. The molecule has 0 aromatic rings. The molecular weight excluding hydrogens is 296 g/mol. The maximum atomic E-state index is 12.9. The van der Waals surface area contributed by atoms with Crippen molar-refractivity contribution in [3.8, 4) is 0 Å². The van der Waals surface area contributed by atoms with Gasteiger partial charge in [0.25, 0.3) is 0 Å². The topological polar surface area (TPSA) is 46.3 Å². The lowest BCUT2D eigenvalue weighted by atomic mass is 9.67. The molecule has 0 aromatic carbocycles. The largest absolute Gasteiger partial charge is 0.342 e. The quantitative estimate of drug-likeness (QED) is 0.841. The Morgan fingerprint density at radius 2 is 1.77 bits per heavy atom. The van der Waals surface area contributed by atoms with E-state index in [1.165, 1.54) is 44.9 Å². The van der Waals surface area contributed by atoms with E-state index < -0.39 is 0 Å². The van der Waals surface area contributed by atoms with Crippen molar-refractivity contribution < 1.29 is 4.79 Å². The van der Waals surface area contributed by atoms with Gasteiger partial charge in [-0.3, -0.25) is 4.79 Å². The average Bonchev–Trinajstić information content (AvgIpc) is 2.53. The van der Waals surface area contributed by atoms with Crippen molar-refractivity contribution in [3.05, 3.63) is 0 Å². The highest BCUT2D eigenvalue weighted by Crippen LogP contribution is 2.43. The number of carbonyl (C=O) groups is 1. The lowest BCUT2D eigenvalue weighted by Gasteiger charge is -2.42. The van der Waals surface area contributed by atoms with Gasteiger partial charge in [0.05, 0.1) is 0 Å². The molecule has 22 heavy (non-hydrogen) atoms. The summed E-state index contributed by atoms with van der Waals surface area (Å²) in [6.45, 7) is 3.96. The van der Waals surface area contributed by atoms with Gasteiger partial charge in [0, 0.05) is 25.0 Å². The van der Waals surface area contributed by atoms with Crippen LogP contribution in [0, 0.1) is 23.7 Å². The van der Waals surface area contributed by atoms with Crippen molar-refractivity contribution in [2.75, 3.05) is 13.1 Å². The van der Waals surface area contributed by atoms with E-state index in [4.69, 9.17) is 5.73 Å². The maximum Gasteiger partial charge on any atom is 0.225 e. The van der Waals surface area contributed by atoms with Crippen LogP contribution >= 0.6 is 12.4 Å². The second-order valence-corrected chi connectivity index (χ2v) is 7.86. The lowest BCUT2D eigenvalue weighted by molar-refractivity contribution is -0.139. The van der Waals surface area contributed by atoms with Crippen LogP contribution in [0.15, 0.2) is 0 Å². The third-order valence-electron chi connectivity index (χ3n) is 6.40. The molecule has 3 aliphatic rings. The average molecular weight is 329 g/mol. The van der Waals surface area contributed by atoms with Crippen molar-refractivity contribution in [1.29, 1.82) is 0 Å². The number of carbonyl (C=O) groups excluding carboxylic acids is 1. The summed E-state index contributed by atoms with van der Waals surface area (Å²) < 4.78 is 0. The number of piperidine rings is 1. The summed E-state index contributed by atoms with van der Waals surface area (Å²) in [5, 5.41) is 0. The zero-order valence-electron chi connectivity index (χ0n) is 14.0. The Labute approximate surface area is 141 Å². The van der Waals surface area contributed by atoms with Crippen LogP contribution in [-0.2, 0) is 4.79 Å². The van der Waals surface area contributed by atoms with Gasteiger partial charge in [-0.1, -0.05) is 25.7 Å². The van der Waals surface area contributed by atoms with E-state index in [1.54, 1.807) is 0 Å². The van der Waals surface area contributed by atoms with Crippen molar-refractivity contribution in [2.24, 2.45) is 29.4 Å². The van der Waals surface area contributed by atoms with Crippen LogP contribution < -0.4 is 5.73 Å². The van der Waals surface area contributed by atoms with Crippen LogP contribution in [0.5, 0.6) is 0 Å². The minimum absolute atomic E-state index is 0. The van der Waals surface area contributed by atoms with E-state index in [1.807, 2.05) is 0 Å². The highest BCUT2D eigenvalue weighted by Gasteiger charge is 2.37. The van der Waals surface area contributed by atoms with Gasteiger partial charge in [-0.2, -0.15) is 0 Å². The predicted molar refractivity (Wildman–Crippen MR) is 93.0 cm³/mol. The molecule has 0 aromatic heterocycles. The summed E-state index contributed by atoms with van der Waals surface area (Å²) in [6, 6.07) is 0.217. The molecule has 3 fully saturated rings. The summed E-state index contributed by atoms with van der Waals surface area (Å²) in [5.41, 5.74) is 6.06. The fourth-order valence-electron chi connectivity index (χ4n) is 5.00. The van der Waals surface area contributed by atoms with Crippen LogP contribution in [0.3, 0.4) is 0 Å². The number of likely N-dealkylation sites (tertiary alicyclic amines) is 1. The Morgan fingerprint density at radius 1 is 1.05 bits per heavy atom. The number of hydrogen-bond acceptors (Lipinski definition) is 2. The molecule has 1 amide bonds. The fraction of sp³-hybridized carbons (Fsp3) is 0.944. The predicted octanol–water partition coefficient (Wildman–Crippen LogP) is 3.60. The normalized spacial score (nSPS) is 36.9. The Balaban J connectivity index is 0.00000176. The highest BCUT2D eigenvalue weighted by atomic mass is 35.5. The molecule has 2 N–H and O–H groups in total. The van der Waals surface area contributed by atoms with Gasteiger partial charge in [-0.15, -0.1) is 12.4 Å². The monoisotopic (exact) mass is 328 g/mol. The SMILES string of the molecule is CC(N)C1CCCN(C(=O)C2CCC3CCCCC3C2)C1.Cl. The number of nitrogens with zero attached hydrogens (tertiary/aromatic N) is 1. The zero-order chi connectivity index (χ0) is 14.8. The first-order valence-electron chi connectivity index (χ1n) is 9.19. The maximum absolute atomic E-state index is 12.9. The first-order valence-corrected chi connectivity index (χ1v) is 9.19. The van der Waals surface area contributed by atoms with Gasteiger partial charge < -0.3 is 10.6 Å². The van der Waals surface area contributed by atoms with Gasteiger partial charge in [0.1, 0.15) is 0 Å². The number of hydrogen-bond donors (Lipinski definition) is 1. The lowest BCUT2D eigenvalue weighted by Crippen LogP contribution is -2.48. The van der Waals surface area contributed by atoms with Crippen LogP contribution in [-0.4, -0.2) is 29.9 Å². The molecule has 3 rings (SSSR count). The third kappa shape index (κ3) is 3.97. The van der Waals surface area contributed by atoms with Gasteiger partial charge >= 0.3 is 0 Å².